The third-order valence-electron chi connectivity index (χ3n) is 9.31. The second kappa shape index (κ2) is 13.1. The van der Waals surface area contributed by atoms with Crippen molar-refractivity contribution < 1.29 is 19.2 Å². The van der Waals surface area contributed by atoms with Gasteiger partial charge in [-0.05, 0) is 78.5 Å². The van der Waals surface area contributed by atoms with Gasteiger partial charge in [-0.1, -0.05) is 83.1 Å². The highest BCUT2D eigenvalue weighted by Crippen LogP contribution is 2.42. The SMILES string of the molecule is CC(C)(C)C(=O)c1cc(C2=CC3=CC4=NC(=CC5=NC(=CC6=NC(=CC2=N3)C=C6)C=C5)C=C4)c(C(=O)C(C)(C)C)c(C(=O)C(C)(C)C)c1C(=O)C(C)(C)C. The normalized spacial score (nSPS) is 18.0. The van der Waals surface area contributed by atoms with Gasteiger partial charge in [0.15, 0.2) is 23.1 Å². The van der Waals surface area contributed by atoms with Crippen molar-refractivity contribution in [1.29, 1.82) is 0 Å². The molecule has 0 saturated carbocycles. The van der Waals surface area contributed by atoms with Crippen molar-refractivity contribution in [1.82, 2.24) is 0 Å². The van der Waals surface area contributed by atoms with Crippen LogP contribution >= 0.6 is 0 Å². The van der Waals surface area contributed by atoms with Crippen LogP contribution in [0.3, 0.4) is 0 Å². The summed E-state index contributed by atoms with van der Waals surface area (Å²) >= 11 is 0. The Balaban J connectivity index is 1.74. The van der Waals surface area contributed by atoms with Crippen molar-refractivity contribution in [2.45, 2.75) is 83.1 Å². The summed E-state index contributed by atoms with van der Waals surface area (Å²) in [5.74, 6) is -1.44. The van der Waals surface area contributed by atoms with Crippen LogP contribution in [0.25, 0.3) is 5.57 Å². The van der Waals surface area contributed by atoms with Crippen molar-refractivity contribution in [3.63, 3.8) is 0 Å². The highest BCUT2D eigenvalue weighted by atomic mass is 16.1. The third kappa shape index (κ3) is 7.47. The molecular formula is C46H48N4O4. The number of carbonyl (C=O) groups excluding carboxylic acids is 4. The summed E-state index contributed by atoms with van der Waals surface area (Å²) in [5, 5.41) is 0. The molecule has 0 amide bonds. The summed E-state index contributed by atoms with van der Waals surface area (Å²) in [4.78, 5) is 78.3. The van der Waals surface area contributed by atoms with Crippen LogP contribution in [-0.4, -0.2) is 46.0 Å². The van der Waals surface area contributed by atoms with Gasteiger partial charge in [0.25, 0.3) is 0 Å². The van der Waals surface area contributed by atoms with Gasteiger partial charge in [-0.2, -0.15) is 0 Å². The Labute approximate surface area is 318 Å². The summed E-state index contributed by atoms with van der Waals surface area (Å²) < 4.78 is 0. The fourth-order valence-corrected chi connectivity index (χ4v) is 6.42. The molecule has 0 unspecified atom stereocenters. The monoisotopic (exact) mass is 720 g/mol. The molecule has 6 rings (SSSR count). The number of hydrogen-bond acceptors (Lipinski definition) is 8. The average molecular weight is 721 g/mol. The fraction of sp³-hybridized carbons (Fsp3) is 0.348. The van der Waals surface area contributed by atoms with Crippen LogP contribution in [0.15, 0.2) is 116 Å². The molecule has 0 spiro atoms. The number of benzene rings is 1. The molecule has 0 aliphatic carbocycles. The minimum atomic E-state index is -1.01. The zero-order valence-corrected chi connectivity index (χ0v) is 33.4. The Kier molecular flexibility index (Phi) is 9.28. The van der Waals surface area contributed by atoms with E-state index in [0.29, 0.717) is 39.7 Å². The number of hydrogen-bond donors (Lipinski definition) is 0. The Morgan fingerprint density at radius 2 is 0.796 bits per heavy atom. The predicted octanol–water partition coefficient (Wildman–Crippen LogP) is 10.0. The highest BCUT2D eigenvalue weighted by molar-refractivity contribution is 6.35. The molecule has 1 aromatic carbocycles. The molecular weight excluding hydrogens is 673 g/mol. The molecule has 0 N–H and O–H groups in total. The summed E-state index contributed by atoms with van der Waals surface area (Å²) in [6.45, 7) is 21.3. The zero-order valence-electron chi connectivity index (χ0n) is 33.4. The van der Waals surface area contributed by atoms with E-state index >= 15 is 0 Å². The van der Waals surface area contributed by atoms with Crippen LogP contribution in [0, 0.1) is 21.7 Å². The van der Waals surface area contributed by atoms with Gasteiger partial charge in [-0.25, -0.2) is 20.0 Å². The Morgan fingerprint density at radius 3 is 1.24 bits per heavy atom. The Bertz CT molecular complexity index is 2340. The Hall–Kier alpha value is -5.50. The van der Waals surface area contributed by atoms with Gasteiger partial charge in [0.2, 0.25) is 0 Å². The van der Waals surface area contributed by atoms with Crippen LogP contribution in [0.1, 0.15) is 130 Å². The second-order valence-corrected chi connectivity index (χ2v) is 18.4. The maximum Gasteiger partial charge on any atom is 0.169 e. The first kappa shape index (κ1) is 38.2. The number of carbonyl (C=O) groups is 4. The van der Waals surface area contributed by atoms with Gasteiger partial charge >= 0.3 is 0 Å². The van der Waals surface area contributed by atoms with Crippen molar-refractivity contribution in [3.8, 4) is 0 Å². The fourth-order valence-electron chi connectivity index (χ4n) is 6.42. The van der Waals surface area contributed by atoms with Crippen LogP contribution < -0.4 is 0 Å². The number of rotatable bonds is 5. The molecule has 276 valence electrons. The van der Waals surface area contributed by atoms with E-state index < -0.39 is 27.4 Å². The molecule has 0 radical (unpaired) electrons. The highest BCUT2D eigenvalue weighted by Gasteiger charge is 2.43. The lowest BCUT2D eigenvalue weighted by Crippen LogP contribution is -2.35. The van der Waals surface area contributed by atoms with Crippen molar-refractivity contribution >= 4 is 51.6 Å². The lowest BCUT2D eigenvalue weighted by Gasteiger charge is -2.31. The average Bonchev–Trinajstić information content (AvgIpc) is 3.86. The van der Waals surface area contributed by atoms with Gasteiger partial charge in [-0.3, -0.25) is 19.2 Å². The van der Waals surface area contributed by atoms with Gasteiger partial charge in [-0.15, -0.1) is 0 Å². The van der Waals surface area contributed by atoms with E-state index in [9.17, 15) is 19.2 Å². The zero-order chi connectivity index (χ0) is 39.7. The first-order valence-electron chi connectivity index (χ1n) is 18.3. The molecule has 0 fully saturated rings. The maximum atomic E-state index is 14.9. The van der Waals surface area contributed by atoms with Crippen molar-refractivity contribution in [2.75, 3.05) is 0 Å². The molecule has 5 aliphatic rings. The number of ketones is 4. The lowest BCUT2D eigenvalue weighted by molar-refractivity contribution is 0.0796. The number of fused-ring (bicyclic) bond motifs is 4. The molecule has 0 atom stereocenters. The Morgan fingerprint density at radius 1 is 0.407 bits per heavy atom. The first-order chi connectivity index (χ1) is 24.9. The number of Topliss-reactive ketones (excluding diaryl/α,β-unsaturated/α-hetero) is 4. The minimum Gasteiger partial charge on any atom is -0.294 e. The van der Waals surface area contributed by atoms with Crippen LogP contribution in [0.2, 0.25) is 0 Å². The molecule has 54 heavy (non-hydrogen) atoms. The first-order valence-corrected chi connectivity index (χ1v) is 18.3. The van der Waals surface area contributed by atoms with E-state index in [1.807, 2.05) is 66.8 Å². The topological polar surface area (TPSA) is 118 Å². The van der Waals surface area contributed by atoms with Gasteiger partial charge in [0.1, 0.15) is 0 Å². The predicted molar refractivity (Wildman–Crippen MR) is 219 cm³/mol. The van der Waals surface area contributed by atoms with E-state index in [2.05, 4.69) is 0 Å². The van der Waals surface area contributed by atoms with Crippen LogP contribution in [0.4, 0.5) is 0 Å². The molecule has 5 heterocycles. The van der Waals surface area contributed by atoms with E-state index in [4.69, 9.17) is 20.0 Å². The molecule has 8 bridgehead atoms. The van der Waals surface area contributed by atoms with Crippen LogP contribution in [0.5, 0.6) is 0 Å². The molecule has 0 aromatic heterocycles. The quantitative estimate of drug-likeness (QED) is 0.281. The van der Waals surface area contributed by atoms with Gasteiger partial charge in [0.05, 0.1) is 45.6 Å². The molecule has 0 saturated heterocycles. The molecule has 8 heteroatoms. The van der Waals surface area contributed by atoms with E-state index in [-0.39, 0.29) is 39.6 Å². The van der Waals surface area contributed by atoms with Gasteiger partial charge in [0, 0.05) is 49.5 Å². The standard InChI is InChI=1S/C46H48N4O4/c1-43(2,3)39(51)34-24-33(36(40(52)44(4,5)6)38(42(54)46(10,11)12)37(34)41(53)45(7,8)9)32-22-31-21-29-16-15-27(48-29)19-25-13-14-26(47-25)20-28-17-18-30(49-28)23-35(32)50-31/h13-24H,1-12H3. The molecule has 5 aliphatic heterocycles. The molecule has 8 nitrogen and oxygen atoms in total. The summed E-state index contributed by atoms with van der Waals surface area (Å²) in [6.07, 6.45) is 20.7. The van der Waals surface area contributed by atoms with Gasteiger partial charge < -0.3 is 0 Å². The number of aliphatic imine (C=N–C) groups is 4. The van der Waals surface area contributed by atoms with Crippen LogP contribution in [-0.2, 0) is 0 Å². The minimum absolute atomic E-state index is 0.00664. The number of nitrogens with zero attached hydrogens (tertiary/aromatic N) is 4. The van der Waals surface area contributed by atoms with Crippen molar-refractivity contribution in [3.05, 3.63) is 124 Å². The summed E-state index contributed by atoms with van der Waals surface area (Å²) in [5.41, 5.74) is 2.46. The largest absolute Gasteiger partial charge is 0.294 e. The summed E-state index contributed by atoms with van der Waals surface area (Å²) in [7, 11) is 0. The van der Waals surface area contributed by atoms with Crippen molar-refractivity contribution in [2.24, 2.45) is 41.6 Å². The van der Waals surface area contributed by atoms with E-state index in [1.165, 1.54) is 0 Å². The maximum absolute atomic E-state index is 14.9. The van der Waals surface area contributed by atoms with E-state index in [1.54, 1.807) is 89.2 Å². The third-order valence-corrected chi connectivity index (χ3v) is 9.31. The number of allylic oxidation sites excluding steroid dienone is 12. The smallest absolute Gasteiger partial charge is 0.169 e. The second-order valence-electron chi connectivity index (χ2n) is 18.4. The molecule has 1 aromatic rings. The van der Waals surface area contributed by atoms with E-state index in [0.717, 1.165) is 17.1 Å². The summed E-state index contributed by atoms with van der Waals surface area (Å²) in [6, 6.07) is 1.65. The lowest BCUT2D eigenvalue weighted by atomic mass is 9.69.